The Labute approximate surface area is 110 Å². The number of hydrogen-bond donors (Lipinski definition) is 0. The van der Waals surface area contributed by atoms with Gasteiger partial charge in [-0.25, -0.2) is 4.98 Å². The summed E-state index contributed by atoms with van der Waals surface area (Å²) in [4.78, 5) is 18.0. The first-order chi connectivity index (χ1) is 8.20. The zero-order valence-corrected chi connectivity index (χ0v) is 11.7. The second-order valence-electron chi connectivity index (χ2n) is 3.42. The quantitative estimate of drug-likeness (QED) is 0.757. The van der Waals surface area contributed by atoms with Crippen LogP contribution in [0.3, 0.4) is 0 Å². The summed E-state index contributed by atoms with van der Waals surface area (Å²) in [7, 11) is 0. The van der Waals surface area contributed by atoms with E-state index in [9.17, 15) is 4.79 Å². The molecule has 94 valence electrons. The van der Waals surface area contributed by atoms with E-state index in [-0.39, 0.29) is 5.91 Å². The Hall–Kier alpha value is -0.940. The van der Waals surface area contributed by atoms with E-state index in [0.29, 0.717) is 32.0 Å². The zero-order chi connectivity index (χ0) is 12.7. The van der Waals surface area contributed by atoms with E-state index in [1.54, 1.807) is 17.2 Å². The van der Waals surface area contributed by atoms with Crippen LogP contribution in [-0.4, -0.2) is 42.1 Å². The molecule has 0 aliphatic rings. The predicted octanol–water partition coefficient (Wildman–Crippen LogP) is 2.34. The molecule has 0 saturated carbocycles. The fourth-order valence-corrected chi connectivity index (χ4v) is 1.84. The van der Waals surface area contributed by atoms with E-state index in [0.717, 1.165) is 4.47 Å². The molecule has 1 aromatic rings. The number of likely N-dealkylation sites (N-methyl/N-ethyl adjacent to an activating group) is 1. The van der Waals surface area contributed by atoms with Crippen molar-refractivity contribution >= 4 is 21.8 Å². The van der Waals surface area contributed by atoms with Gasteiger partial charge in [-0.1, -0.05) is 0 Å². The maximum atomic E-state index is 12.2. The molecule has 1 heterocycles. The smallest absolute Gasteiger partial charge is 0.273 e. The summed E-state index contributed by atoms with van der Waals surface area (Å²) in [5.41, 5.74) is 0.450. The molecule has 0 N–H and O–H groups in total. The maximum absolute atomic E-state index is 12.2. The second kappa shape index (κ2) is 7.40. The molecule has 0 atom stereocenters. The molecule has 4 nitrogen and oxygen atoms in total. The van der Waals surface area contributed by atoms with E-state index >= 15 is 0 Å². The van der Waals surface area contributed by atoms with E-state index in [2.05, 4.69) is 20.9 Å². The van der Waals surface area contributed by atoms with Gasteiger partial charge >= 0.3 is 0 Å². The number of pyridine rings is 1. The molecule has 17 heavy (non-hydrogen) atoms. The fourth-order valence-electron chi connectivity index (χ4n) is 1.42. The number of carbonyl (C=O) groups is 1. The van der Waals surface area contributed by atoms with Crippen LogP contribution in [-0.2, 0) is 4.74 Å². The van der Waals surface area contributed by atoms with Crippen LogP contribution in [0.1, 0.15) is 24.3 Å². The Bertz CT molecular complexity index is 371. The standard InChI is InChI=1S/C12H17BrN2O2/c1-3-15(8-9-17-4-2)12(16)11-10(13)6-5-7-14-11/h5-7H,3-4,8-9H2,1-2H3. The van der Waals surface area contributed by atoms with Crippen LogP contribution < -0.4 is 0 Å². The van der Waals surface area contributed by atoms with Gasteiger partial charge in [0.15, 0.2) is 0 Å². The molecular weight excluding hydrogens is 284 g/mol. The first kappa shape index (κ1) is 14.1. The van der Waals surface area contributed by atoms with E-state index in [1.807, 2.05) is 19.9 Å². The summed E-state index contributed by atoms with van der Waals surface area (Å²) in [5.74, 6) is -0.0697. The minimum Gasteiger partial charge on any atom is -0.380 e. The first-order valence-corrected chi connectivity index (χ1v) is 6.47. The van der Waals surface area contributed by atoms with Crippen LogP contribution >= 0.6 is 15.9 Å². The van der Waals surface area contributed by atoms with Crippen molar-refractivity contribution in [3.05, 3.63) is 28.5 Å². The van der Waals surface area contributed by atoms with Crippen molar-refractivity contribution in [1.29, 1.82) is 0 Å². The van der Waals surface area contributed by atoms with Crippen LogP contribution in [0.15, 0.2) is 22.8 Å². The molecule has 1 aromatic heterocycles. The van der Waals surface area contributed by atoms with Crippen LogP contribution in [0.5, 0.6) is 0 Å². The van der Waals surface area contributed by atoms with Gasteiger partial charge in [-0.3, -0.25) is 4.79 Å². The Morgan fingerprint density at radius 1 is 1.53 bits per heavy atom. The minimum absolute atomic E-state index is 0.0697. The SMILES string of the molecule is CCOCCN(CC)C(=O)c1ncccc1Br. The predicted molar refractivity (Wildman–Crippen MR) is 70.0 cm³/mol. The molecule has 0 unspecified atom stereocenters. The van der Waals surface area contributed by atoms with Crippen molar-refractivity contribution in [2.45, 2.75) is 13.8 Å². The maximum Gasteiger partial charge on any atom is 0.273 e. The average Bonchev–Trinajstić information content (AvgIpc) is 2.35. The number of amides is 1. The van der Waals surface area contributed by atoms with Gasteiger partial charge < -0.3 is 9.64 Å². The van der Waals surface area contributed by atoms with E-state index in [1.165, 1.54) is 0 Å². The van der Waals surface area contributed by atoms with E-state index < -0.39 is 0 Å². The molecule has 0 aliphatic heterocycles. The summed E-state index contributed by atoms with van der Waals surface area (Å²) < 4.78 is 5.98. The number of ether oxygens (including phenoxy) is 1. The lowest BCUT2D eigenvalue weighted by Gasteiger charge is -2.20. The Balaban J connectivity index is 2.69. The molecule has 0 aliphatic carbocycles. The molecule has 0 aromatic carbocycles. The lowest BCUT2D eigenvalue weighted by molar-refractivity contribution is 0.0663. The Kier molecular flexibility index (Phi) is 6.15. The van der Waals surface area contributed by atoms with Crippen LogP contribution in [0.25, 0.3) is 0 Å². The molecule has 0 bridgehead atoms. The van der Waals surface area contributed by atoms with Gasteiger partial charge in [-0.05, 0) is 41.9 Å². The van der Waals surface area contributed by atoms with Crippen molar-refractivity contribution < 1.29 is 9.53 Å². The number of nitrogens with zero attached hydrogens (tertiary/aromatic N) is 2. The number of halogens is 1. The number of hydrogen-bond acceptors (Lipinski definition) is 3. The molecular formula is C12H17BrN2O2. The fraction of sp³-hybridized carbons (Fsp3) is 0.500. The third-order valence-electron chi connectivity index (χ3n) is 2.34. The summed E-state index contributed by atoms with van der Waals surface area (Å²) in [6.07, 6.45) is 1.62. The summed E-state index contributed by atoms with van der Waals surface area (Å²) in [6, 6.07) is 3.61. The highest BCUT2D eigenvalue weighted by Gasteiger charge is 2.17. The van der Waals surface area contributed by atoms with Crippen LogP contribution in [0.2, 0.25) is 0 Å². The normalized spacial score (nSPS) is 10.3. The van der Waals surface area contributed by atoms with Gasteiger partial charge in [0.05, 0.1) is 6.61 Å². The second-order valence-corrected chi connectivity index (χ2v) is 4.27. The van der Waals surface area contributed by atoms with E-state index in [4.69, 9.17) is 4.74 Å². The molecule has 0 saturated heterocycles. The first-order valence-electron chi connectivity index (χ1n) is 5.68. The van der Waals surface area contributed by atoms with Crippen molar-refractivity contribution in [2.75, 3.05) is 26.3 Å². The van der Waals surface area contributed by atoms with Crippen molar-refractivity contribution in [3.63, 3.8) is 0 Å². The van der Waals surface area contributed by atoms with Crippen molar-refractivity contribution in [1.82, 2.24) is 9.88 Å². The third-order valence-corrected chi connectivity index (χ3v) is 2.98. The molecule has 1 amide bonds. The van der Waals surface area contributed by atoms with Crippen molar-refractivity contribution in [3.8, 4) is 0 Å². The summed E-state index contributed by atoms with van der Waals surface area (Å²) in [6.45, 7) is 6.34. The van der Waals surface area contributed by atoms with Gasteiger partial charge in [0.1, 0.15) is 5.69 Å². The van der Waals surface area contributed by atoms with Crippen LogP contribution in [0.4, 0.5) is 0 Å². The van der Waals surface area contributed by atoms with Gasteiger partial charge in [0.2, 0.25) is 0 Å². The Morgan fingerprint density at radius 2 is 2.29 bits per heavy atom. The van der Waals surface area contributed by atoms with Gasteiger partial charge in [0.25, 0.3) is 5.91 Å². The molecule has 1 rings (SSSR count). The highest BCUT2D eigenvalue weighted by Crippen LogP contribution is 2.15. The minimum atomic E-state index is -0.0697. The lowest BCUT2D eigenvalue weighted by Crippen LogP contribution is -2.34. The number of aromatic nitrogens is 1. The molecule has 0 fully saturated rings. The monoisotopic (exact) mass is 300 g/mol. The van der Waals surface area contributed by atoms with Gasteiger partial charge in [-0.2, -0.15) is 0 Å². The average molecular weight is 301 g/mol. The molecule has 0 radical (unpaired) electrons. The Morgan fingerprint density at radius 3 is 2.88 bits per heavy atom. The van der Waals surface area contributed by atoms with Gasteiger partial charge in [-0.15, -0.1) is 0 Å². The third kappa shape index (κ3) is 4.09. The molecule has 0 spiro atoms. The van der Waals surface area contributed by atoms with Crippen molar-refractivity contribution in [2.24, 2.45) is 0 Å². The molecule has 5 heteroatoms. The zero-order valence-electron chi connectivity index (χ0n) is 10.1. The lowest BCUT2D eigenvalue weighted by atomic mass is 10.3. The summed E-state index contributed by atoms with van der Waals surface area (Å²) in [5, 5.41) is 0. The number of rotatable bonds is 6. The highest BCUT2D eigenvalue weighted by molar-refractivity contribution is 9.10. The highest BCUT2D eigenvalue weighted by atomic mass is 79.9. The topological polar surface area (TPSA) is 42.4 Å². The largest absolute Gasteiger partial charge is 0.380 e. The number of carbonyl (C=O) groups excluding carboxylic acids is 1. The van der Waals surface area contributed by atoms with Crippen LogP contribution in [0, 0.1) is 0 Å². The summed E-state index contributed by atoms with van der Waals surface area (Å²) >= 11 is 3.33. The van der Waals surface area contributed by atoms with Gasteiger partial charge in [0, 0.05) is 30.4 Å².